The number of hydrazine groups is 1. The number of methoxy groups -OCH3 is 2. The highest BCUT2D eigenvalue weighted by atomic mass is 36.0. The van der Waals surface area contributed by atoms with Crippen LogP contribution in [0.5, 0.6) is 0 Å². The average molecular weight is 1580 g/mol. The van der Waals surface area contributed by atoms with Crippen LogP contribution in [0.2, 0.25) is 5.02 Å². The van der Waals surface area contributed by atoms with Gasteiger partial charge in [-0.2, -0.15) is 15.3 Å². The van der Waals surface area contributed by atoms with Gasteiger partial charge in [-0.15, -0.1) is 0 Å². The Morgan fingerprint density at radius 3 is 1.51 bits per heavy atom. The molecule has 0 atom stereocenters. The summed E-state index contributed by atoms with van der Waals surface area (Å²) in [5, 5.41) is 39.0. The van der Waals surface area contributed by atoms with E-state index in [1.165, 1.54) is 27.2 Å². The Hall–Kier alpha value is -12.1. The van der Waals surface area contributed by atoms with E-state index in [0.717, 1.165) is 83.2 Å². The number of cyclic esters (lactones) is 1. The number of fused-ring (bicyclic) bond motifs is 5. The average Bonchev–Trinajstić information content (AvgIpc) is 1.65. The minimum Gasteiger partial charge on any atom is -0.478 e. The summed E-state index contributed by atoms with van der Waals surface area (Å²) in [7, 11) is 9.95. The zero-order valence-electron chi connectivity index (χ0n) is 60.4. The number of pyridine rings is 2. The Bertz CT molecular complexity index is 5510. The van der Waals surface area contributed by atoms with E-state index in [9.17, 15) is 38.1 Å². The molecule has 0 bridgehead atoms. The van der Waals surface area contributed by atoms with Gasteiger partial charge in [-0.25, -0.2) is 38.9 Å². The predicted molar refractivity (Wildman–Crippen MR) is 425 cm³/mol. The summed E-state index contributed by atoms with van der Waals surface area (Å²) in [6.45, 7) is 10.6. The molecule has 13 aromatic rings. The second-order valence-electron chi connectivity index (χ2n) is 22.9. The summed E-state index contributed by atoms with van der Waals surface area (Å²) >= 11 is 20.2. The van der Waals surface area contributed by atoms with Crippen molar-refractivity contribution in [3.63, 3.8) is 0 Å². The summed E-state index contributed by atoms with van der Waals surface area (Å²) in [4.78, 5) is 89.4. The van der Waals surface area contributed by atoms with Crippen molar-refractivity contribution in [2.45, 2.75) is 40.5 Å². The standard InChI is InChI=1S/C20H18N4O2.C12H10ClN3.C12H13N3O2.C11H9NO3.C8H9NO2.C7H7NO2.C4H4O2.CH6N2.Cl3OP/c1-12-17-18(21-14-10-8-13(9-11-14)20(25)26-3)15-6-4-5-7-16(15)22-19(17)24(2)23-12;1-7-10-11(13)8-5-3-4-6-9(8)14-12(10)16(2)15-7;1-8-7-11(15(2)14-8)13-10-6-4-3-5-9(10)12(16)17;1-7(13)6-10-12-9-5-3-2-4-8(9)11(14)15-10;1-11-8(10)6-2-4-7(9)5-3-6;8-6-4-2-1-3-5(6)7(9)10;1-3-2-4(5)6-3;1-3-2;1-5(2,3)4/h4-11H,1-3H3,(H,21,22);3-6H,1-2H3;3-7,13H,1-2H3,(H,16,17);2-5H,6H2,1H3;2-5H,9H2,1H3;1-4H,8H2,(H,9,10);1-2H2;3H,2H2,1H3;. The van der Waals surface area contributed by atoms with E-state index in [4.69, 9.17) is 47.4 Å². The summed E-state index contributed by atoms with van der Waals surface area (Å²) in [6, 6.07) is 51.5. The van der Waals surface area contributed by atoms with E-state index in [1.807, 2.05) is 102 Å². The quantitative estimate of drug-likeness (QED) is 0.0157. The second kappa shape index (κ2) is 40.6. The zero-order chi connectivity index (χ0) is 80.4. The number of ketones is 1. The number of nitrogens with two attached hydrogens (primary N) is 3. The monoisotopic (exact) mass is 1580 g/mol. The zero-order valence-corrected chi connectivity index (χ0v) is 64.3. The molecular weight excluding hydrogens is 1510 g/mol. The van der Waals surface area contributed by atoms with E-state index in [-0.39, 0.29) is 47.1 Å². The van der Waals surface area contributed by atoms with E-state index in [1.54, 1.807) is 131 Å². The minimum absolute atomic E-state index is 0.0556. The molecule has 109 heavy (non-hydrogen) atoms. The number of esters is 3. The van der Waals surface area contributed by atoms with Gasteiger partial charge in [-0.05, 0) is 166 Å². The van der Waals surface area contributed by atoms with Crippen molar-refractivity contribution in [3.05, 3.63) is 249 Å². The fourth-order valence-corrected chi connectivity index (χ4v) is 10.3. The first kappa shape index (κ1) is 85.8. The lowest BCUT2D eigenvalue weighted by atomic mass is 10.1. The number of hydrogen-bond acceptors (Lipinski definition) is 24. The number of aryl methyl sites for hydroxylation is 6. The molecule has 0 unspecified atom stereocenters. The van der Waals surface area contributed by atoms with Gasteiger partial charge in [0.1, 0.15) is 23.8 Å². The van der Waals surface area contributed by atoms with Crippen LogP contribution >= 0.6 is 50.5 Å². The maximum atomic E-state index is 11.6. The lowest BCUT2D eigenvalue weighted by Gasteiger charge is -2.12. The number of nitrogen functional groups attached to an aromatic ring is 2. The Labute approximate surface area is 643 Å². The molecule has 0 spiro atoms. The van der Waals surface area contributed by atoms with Crippen LogP contribution in [0, 0.1) is 20.8 Å². The number of anilines is 6. The molecule has 0 saturated carbocycles. The molecule has 11 N–H and O–H groups in total. The number of carboxylic acids is 2. The Kier molecular flexibility index (Phi) is 32.0. The largest absolute Gasteiger partial charge is 0.478 e. The van der Waals surface area contributed by atoms with Crippen LogP contribution in [-0.2, 0) is 55.9 Å². The SMILES string of the molecule is C=C1CC(=O)O1.CC(=O)Cc1nc2ccccc2c(=O)o1.CNN.COC(=O)c1ccc(N)cc1.COC(=O)c1ccc(Nc2c3ccccc3nc3c2c(C)nn3C)cc1.Cc1cc(Nc2ccccc2C(=O)O)n(C)n1.Cc1nn(C)c2nc3ccccc3c(Cl)c12.Nc1ccccc1C(=O)O.O=P(Cl)(Cl)Cl. The molecule has 1 saturated heterocycles. The van der Waals surface area contributed by atoms with Crippen molar-refractivity contribution in [2.24, 2.45) is 27.0 Å². The van der Waals surface area contributed by atoms with E-state index >= 15 is 0 Å². The number of benzene rings is 7. The number of hydrogen-bond donors (Lipinski definition) is 8. The Morgan fingerprint density at radius 2 is 1.06 bits per heavy atom. The molecule has 0 amide bonds. The van der Waals surface area contributed by atoms with Gasteiger partial charge in [0.05, 0.1) is 109 Å². The van der Waals surface area contributed by atoms with Crippen LogP contribution in [0.1, 0.15) is 77.7 Å². The Balaban J connectivity index is 0.000000202. The van der Waals surface area contributed by atoms with Crippen molar-refractivity contribution in [2.75, 3.05) is 43.4 Å². The highest BCUT2D eigenvalue weighted by Gasteiger charge is 2.20. The predicted octanol–water partition coefficient (Wildman–Crippen LogP) is 14.9. The molecule has 29 nitrogen and oxygen atoms in total. The number of nitrogens with one attached hydrogen (secondary N) is 3. The minimum atomic E-state index is -3.22. The number of carbonyl (C=O) groups excluding carboxylic acids is 4. The van der Waals surface area contributed by atoms with Gasteiger partial charge in [0.2, 0.25) is 5.89 Å². The van der Waals surface area contributed by atoms with Gasteiger partial charge in [0, 0.05) is 55.0 Å². The molecule has 7 aromatic carbocycles. The normalized spacial score (nSPS) is 10.9. The van der Waals surface area contributed by atoms with Crippen molar-refractivity contribution in [3.8, 4) is 0 Å². The molecule has 6 aromatic heterocycles. The molecule has 34 heteroatoms. The first-order valence-electron chi connectivity index (χ1n) is 32.2. The van der Waals surface area contributed by atoms with E-state index in [2.05, 4.69) is 96.9 Å². The first-order valence-corrected chi connectivity index (χ1v) is 37.0. The van der Waals surface area contributed by atoms with Gasteiger partial charge >= 0.3 is 40.7 Å². The molecule has 1 aliphatic rings. The number of ether oxygens (including phenoxy) is 3. The molecule has 7 heterocycles. The fraction of sp³-hybridized carbons (Fsp3) is 0.160. The highest BCUT2D eigenvalue weighted by Crippen LogP contribution is 2.61. The number of nitrogens with zero attached hydrogens (tertiary/aromatic N) is 9. The number of Topliss-reactive ketones (excluding diaryl/α,β-unsaturated/α-hetero) is 1. The number of aromatic carboxylic acids is 2. The van der Waals surface area contributed by atoms with Gasteiger partial charge < -0.3 is 50.9 Å². The van der Waals surface area contributed by atoms with Crippen LogP contribution in [-0.4, -0.2) is 111 Å². The van der Waals surface area contributed by atoms with Crippen molar-refractivity contribution in [1.82, 2.24) is 49.7 Å². The molecule has 14 rings (SSSR count). The van der Waals surface area contributed by atoms with Crippen LogP contribution < -0.4 is 39.0 Å². The van der Waals surface area contributed by atoms with Crippen molar-refractivity contribution < 1.29 is 62.2 Å². The number of carbonyl (C=O) groups is 6. The maximum absolute atomic E-state index is 11.6. The topological polar surface area (TPSA) is 424 Å². The number of halogens is 4. The Morgan fingerprint density at radius 1 is 0.615 bits per heavy atom. The molecule has 1 fully saturated rings. The number of carboxylic acid groups (broad SMARTS) is 2. The number of aromatic nitrogens is 9. The summed E-state index contributed by atoms with van der Waals surface area (Å²) in [5.74, 6) is 3.23. The third kappa shape index (κ3) is 25.3. The summed E-state index contributed by atoms with van der Waals surface area (Å²) < 4.78 is 33.2. The van der Waals surface area contributed by atoms with E-state index in [0.29, 0.717) is 51.3 Å². The number of para-hydroxylation sites is 5. The lowest BCUT2D eigenvalue weighted by molar-refractivity contribution is -0.148. The maximum Gasteiger partial charge on any atom is 0.346 e. The van der Waals surface area contributed by atoms with Crippen LogP contribution in [0.15, 0.2) is 197 Å². The molecule has 568 valence electrons. The molecule has 0 radical (unpaired) electrons. The molecule has 0 aliphatic carbocycles. The smallest absolute Gasteiger partial charge is 0.346 e. The van der Waals surface area contributed by atoms with Crippen LogP contribution in [0.3, 0.4) is 0 Å². The van der Waals surface area contributed by atoms with Gasteiger partial charge in [-0.1, -0.05) is 91.0 Å². The van der Waals surface area contributed by atoms with Gasteiger partial charge in [0.25, 0.3) is 0 Å². The van der Waals surface area contributed by atoms with Crippen LogP contribution in [0.25, 0.3) is 54.8 Å². The van der Waals surface area contributed by atoms with Crippen LogP contribution in [0.4, 0.5) is 34.3 Å². The van der Waals surface area contributed by atoms with Gasteiger partial charge in [-0.3, -0.25) is 39.5 Å². The van der Waals surface area contributed by atoms with Gasteiger partial charge in [0.15, 0.2) is 11.3 Å². The van der Waals surface area contributed by atoms with E-state index < -0.39 is 22.8 Å². The number of rotatable bonds is 10. The second-order valence-corrected chi connectivity index (χ2v) is 29.9. The summed E-state index contributed by atoms with van der Waals surface area (Å²) in [5.41, 5.74) is 24.1. The van der Waals surface area contributed by atoms with Crippen molar-refractivity contribution >= 4 is 175 Å². The third-order valence-electron chi connectivity index (χ3n) is 14.7. The highest BCUT2D eigenvalue weighted by molar-refractivity contribution is 8.24. The third-order valence-corrected chi connectivity index (χ3v) is 15.1. The molecule has 1 aliphatic heterocycles. The first-order chi connectivity index (χ1) is 51.7. The lowest BCUT2D eigenvalue weighted by Crippen LogP contribution is -2.15. The summed E-state index contributed by atoms with van der Waals surface area (Å²) in [6.07, 6.45) is 0.472. The fourth-order valence-electron chi connectivity index (χ4n) is 9.95. The molecular formula is C75H76Cl4N15O14P. The van der Waals surface area contributed by atoms with Crippen molar-refractivity contribution in [1.29, 1.82) is 0 Å².